The highest BCUT2D eigenvalue weighted by atomic mass is 16.5. The Morgan fingerprint density at radius 3 is 2.92 bits per heavy atom. The molecule has 7 nitrogen and oxygen atoms in total. The Balaban J connectivity index is 1.39. The van der Waals surface area contributed by atoms with Crippen LogP contribution in [0.4, 0.5) is 0 Å². The Morgan fingerprint density at radius 2 is 2.12 bits per heavy atom. The SMILES string of the molecule is O=C(C[C@@H]1CN(C2CCOCC2)Cc2ccnn21)NCc1ccccn1. The predicted octanol–water partition coefficient (Wildman–Crippen LogP) is 1.52. The van der Waals surface area contributed by atoms with E-state index in [0.29, 0.717) is 19.0 Å². The van der Waals surface area contributed by atoms with Crippen molar-refractivity contribution in [3.05, 3.63) is 48.0 Å². The van der Waals surface area contributed by atoms with Crippen molar-refractivity contribution in [2.45, 2.75) is 44.4 Å². The Kier molecular flexibility index (Phi) is 5.26. The fourth-order valence-electron chi connectivity index (χ4n) is 3.87. The summed E-state index contributed by atoms with van der Waals surface area (Å²) in [5.41, 5.74) is 2.05. The number of ether oxygens (including phenoxy) is 1. The van der Waals surface area contributed by atoms with Gasteiger partial charge in [0.1, 0.15) is 0 Å². The van der Waals surface area contributed by atoms with Gasteiger partial charge in [0.05, 0.1) is 30.4 Å². The summed E-state index contributed by atoms with van der Waals surface area (Å²) in [6.07, 6.45) is 6.13. The molecule has 0 spiro atoms. The summed E-state index contributed by atoms with van der Waals surface area (Å²) in [5, 5.41) is 7.44. The summed E-state index contributed by atoms with van der Waals surface area (Å²) in [6, 6.07) is 8.38. The fourth-order valence-corrected chi connectivity index (χ4v) is 3.87. The van der Waals surface area contributed by atoms with Gasteiger partial charge in [-0.15, -0.1) is 0 Å². The maximum atomic E-state index is 12.5. The first-order valence-corrected chi connectivity index (χ1v) is 9.30. The number of rotatable bonds is 5. The van der Waals surface area contributed by atoms with Crippen LogP contribution in [-0.4, -0.2) is 51.4 Å². The van der Waals surface area contributed by atoms with E-state index in [1.54, 1.807) is 6.20 Å². The normalized spacial score (nSPS) is 21.3. The second-order valence-corrected chi connectivity index (χ2v) is 7.00. The fraction of sp³-hybridized carbons (Fsp3) is 0.526. The van der Waals surface area contributed by atoms with Crippen molar-refractivity contribution in [2.24, 2.45) is 0 Å². The number of carbonyl (C=O) groups excluding carboxylic acids is 1. The van der Waals surface area contributed by atoms with Crippen molar-refractivity contribution < 1.29 is 9.53 Å². The minimum Gasteiger partial charge on any atom is -0.381 e. The molecule has 1 fully saturated rings. The minimum absolute atomic E-state index is 0.0379. The summed E-state index contributed by atoms with van der Waals surface area (Å²) in [7, 11) is 0. The van der Waals surface area contributed by atoms with Crippen molar-refractivity contribution in [3.8, 4) is 0 Å². The van der Waals surface area contributed by atoms with Crippen molar-refractivity contribution in [2.75, 3.05) is 19.8 Å². The molecule has 7 heteroatoms. The van der Waals surface area contributed by atoms with Crippen LogP contribution in [0.25, 0.3) is 0 Å². The van der Waals surface area contributed by atoms with E-state index in [9.17, 15) is 4.79 Å². The maximum absolute atomic E-state index is 12.5. The molecule has 0 aromatic carbocycles. The van der Waals surface area contributed by atoms with Crippen LogP contribution in [0, 0.1) is 0 Å². The molecule has 0 radical (unpaired) electrons. The van der Waals surface area contributed by atoms with Gasteiger partial charge < -0.3 is 10.1 Å². The van der Waals surface area contributed by atoms with Gasteiger partial charge in [0, 0.05) is 44.7 Å². The zero-order chi connectivity index (χ0) is 17.8. The molecule has 4 heterocycles. The van der Waals surface area contributed by atoms with Crippen LogP contribution in [0.3, 0.4) is 0 Å². The lowest BCUT2D eigenvalue weighted by atomic mass is 10.0. The number of fused-ring (bicyclic) bond motifs is 1. The number of nitrogens with zero attached hydrogens (tertiary/aromatic N) is 4. The second kappa shape index (κ2) is 7.97. The molecule has 2 aromatic rings. The van der Waals surface area contributed by atoms with Gasteiger partial charge >= 0.3 is 0 Å². The molecule has 2 aliphatic rings. The first kappa shape index (κ1) is 17.2. The summed E-state index contributed by atoms with van der Waals surface area (Å²) in [5.74, 6) is 0.0379. The Hall–Kier alpha value is -2.25. The van der Waals surface area contributed by atoms with E-state index in [2.05, 4.69) is 26.4 Å². The van der Waals surface area contributed by atoms with Crippen LogP contribution in [0.15, 0.2) is 36.7 Å². The number of hydrogen-bond acceptors (Lipinski definition) is 5. The highest BCUT2D eigenvalue weighted by Crippen LogP contribution is 2.27. The number of aromatic nitrogens is 3. The average Bonchev–Trinajstić information content (AvgIpc) is 3.17. The zero-order valence-corrected chi connectivity index (χ0v) is 14.9. The Labute approximate surface area is 153 Å². The molecule has 1 saturated heterocycles. The van der Waals surface area contributed by atoms with Gasteiger partial charge in [-0.25, -0.2) is 0 Å². The van der Waals surface area contributed by atoms with Crippen LogP contribution < -0.4 is 5.32 Å². The van der Waals surface area contributed by atoms with E-state index in [-0.39, 0.29) is 11.9 Å². The van der Waals surface area contributed by atoms with E-state index in [4.69, 9.17) is 4.74 Å². The van der Waals surface area contributed by atoms with Crippen molar-refractivity contribution in [3.63, 3.8) is 0 Å². The Morgan fingerprint density at radius 1 is 1.23 bits per heavy atom. The molecule has 138 valence electrons. The van der Waals surface area contributed by atoms with Crippen LogP contribution in [0.2, 0.25) is 0 Å². The number of hydrogen-bond donors (Lipinski definition) is 1. The molecule has 0 bridgehead atoms. The van der Waals surface area contributed by atoms with Crippen molar-refractivity contribution >= 4 is 5.91 Å². The third-order valence-corrected chi connectivity index (χ3v) is 5.23. The molecule has 1 N–H and O–H groups in total. The predicted molar refractivity (Wildman–Crippen MR) is 96.2 cm³/mol. The van der Waals surface area contributed by atoms with E-state index >= 15 is 0 Å². The number of nitrogens with one attached hydrogen (secondary N) is 1. The third-order valence-electron chi connectivity index (χ3n) is 5.23. The van der Waals surface area contributed by atoms with Gasteiger partial charge in [0.15, 0.2) is 0 Å². The van der Waals surface area contributed by atoms with Crippen LogP contribution in [0.5, 0.6) is 0 Å². The topological polar surface area (TPSA) is 72.3 Å². The van der Waals surface area contributed by atoms with Crippen LogP contribution >= 0.6 is 0 Å². The molecular formula is C19H25N5O2. The lowest BCUT2D eigenvalue weighted by Gasteiger charge is -2.40. The lowest BCUT2D eigenvalue weighted by molar-refractivity contribution is -0.122. The first-order valence-electron chi connectivity index (χ1n) is 9.30. The van der Waals surface area contributed by atoms with Crippen LogP contribution in [0.1, 0.15) is 36.7 Å². The second-order valence-electron chi connectivity index (χ2n) is 7.00. The molecule has 1 amide bonds. The van der Waals surface area contributed by atoms with E-state index in [0.717, 1.165) is 44.8 Å². The summed E-state index contributed by atoms with van der Waals surface area (Å²) >= 11 is 0. The quantitative estimate of drug-likeness (QED) is 0.880. The highest BCUT2D eigenvalue weighted by Gasteiger charge is 2.31. The van der Waals surface area contributed by atoms with Gasteiger partial charge in [-0.05, 0) is 31.0 Å². The monoisotopic (exact) mass is 355 g/mol. The van der Waals surface area contributed by atoms with Crippen molar-refractivity contribution in [1.29, 1.82) is 0 Å². The first-order chi connectivity index (χ1) is 12.8. The van der Waals surface area contributed by atoms with E-state index < -0.39 is 0 Å². The summed E-state index contributed by atoms with van der Waals surface area (Å²) < 4.78 is 7.52. The number of carbonyl (C=O) groups is 1. The standard InChI is InChI=1S/C19H25N5O2/c25-19(21-12-15-3-1-2-7-20-15)11-18-14-23(16-5-9-26-10-6-16)13-17-4-8-22-24(17)18/h1-4,7-8,16,18H,5-6,9-14H2,(H,21,25)/t18-/m1/s1. The summed E-state index contributed by atoms with van der Waals surface area (Å²) in [6.45, 7) is 3.88. The van der Waals surface area contributed by atoms with Gasteiger partial charge in [-0.2, -0.15) is 5.10 Å². The smallest absolute Gasteiger partial charge is 0.222 e. The number of amides is 1. The Bertz CT molecular complexity index is 727. The summed E-state index contributed by atoms with van der Waals surface area (Å²) in [4.78, 5) is 19.2. The molecular weight excluding hydrogens is 330 g/mol. The van der Waals surface area contributed by atoms with Gasteiger partial charge in [-0.1, -0.05) is 6.07 Å². The zero-order valence-electron chi connectivity index (χ0n) is 14.9. The van der Waals surface area contributed by atoms with E-state index in [1.165, 1.54) is 5.69 Å². The molecule has 0 saturated carbocycles. The molecule has 1 atom stereocenters. The van der Waals surface area contributed by atoms with Gasteiger partial charge in [0.25, 0.3) is 0 Å². The maximum Gasteiger partial charge on any atom is 0.222 e. The van der Waals surface area contributed by atoms with Crippen LogP contribution in [-0.2, 0) is 22.6 Å². The van der Waals surface area contributed by atoms with Crippen molar-refractivity contribution in [1.82, 2.24) is 25.0 Å². The number of pyridine rings is 1. The molecule has 26 heavy (non-hydrogen) atoms. The molecule has 0 unspecified atom stereocenters. The molecule has 4 rings (SSSR count). The molecule has 2 aromatic heterocycles. The lowest BCUT2D eigenvalue weighted by Crippen LogP contribution is -2.46. The highest BCUT2D eigenvalue weighted by molar-refractivity contribution is 5.76. The van der Waals surface area contributed by atoms with Gasteiger partial charge in [-0.3, -0.25) is 19.4 Å². The third kappa shape index (κ3) is 3.94. The largest absolute Gasteiger partial charge is 0.381 e. The van der Waals surface area contributed by atoms with Gasteiger partial charge in [0.2, 0.25) is 5.91 Å². The average molecular weight is 355 g/mol. The minimum atomic E-state index is 0.0379. The molecule has 0 aliphatic carbocycles. The molecule has 2 aliphatic heterocycles. The van der Waals surface area contributed by atoms with E-state index in [1.807, 2.05) is 29.1 Å².